The predicted octanol–water partition coefficient (Wildman–Crippen LogP) is 4.47. The van der Waals surface area contributed by atoms with Crippen molar-refractivity contribution in [1.29, 1.82) is 0 Å². The van der Waals surface area contributed by atoms with Crippen LogP contribution in [0.25, 0.3) is 0 Å². The lowest BCUT2D eigenvalue weighted by atomic mass is 9.87. The van der Waals surface area contributed by atoms with Gasteiger partial charge in [-0.05, 0) is 89.2 Å². The van der Waals surface area contributed by atoms with Gasteiger partial charge in [0.25, 0.3) is 0 Å². The lowest BCUT2D eigenvalue weighted by molar-refractivity contribution is -0.122. The number of nitrogens with zero attached hydrogens (tertiary/aromatic N) is 1. The number of hydrogen-bond acceptors (Lipinski definition) is 4. The first-order valence-electron chi connectivity index (χ1n) is 10.7. The molecule has 1 amide bonds. The summed E-state index contributed by atoms with van der Waals surface area (Å²) in [5.74, 6) is 2.47. The van der Waals surface area contributed by atoms with Gasteiger partial charge in [0.15, 0.2) is 11.5 Å². The van der Waals surface area contributed by atoms with E-state index in [2.05, 4.69) is 31.2 Å². The second kappa shape index (κ2) is 13.7. The second-order valence-corrected chi connectivity index (χ2v) is 8.37. The SMILES string of the molecule is COc1cc(CCC(=O)N[C@H]2CC[C@H](C)CC2)ccc1OCCCCN(C)C.Cl. The van der Waals surface area contributed by atoms with Crippen LogP contribution in [-0.4, -0.2) is 51.2 Å². The number of rotatable bonds is 11. The molecule has 6 heteroatoms. The van der Waals surface area contributed by atoms with E-state index in [-0.39, 0.29) is 18.3 Å². The highest BCUT2D eigenvalue weighted by molar-refractivity contribution is 5.85. The molecule has 5 nitrogen and oxygen atoms in total. The number of ether oxygens (including phenoxy) is 2. The molecule has 29 heavy (non-hydrogen) atoms. The Morgan fingerprint density at radius 1 is 1.14 bits per heavy atom. The molecule has 1 fully saturated rings. The second-order valence-electron chi connectivity index (χ2n) is 8.37. The summed E-state index contributed by atoms with van der Waals surface area (Å²) in [6, 6.07) is 6.35. The quantitative estimate of drug-likeness (QED) is 0.530. The van der Waals surface area contributed by atoms with E-state index in [9.17, 15) is 4.79 Å². The highest BCUT2D eigenvalue weighted by Crippen LogP contribution is 2.29. The monoisotopic (exact) mass is 426 g/mol. The lowest BCUT2D eigenvalue weighted by Gasteiger charge is -2.26. The third kappa shape index (κ3) is 9.72. The number of hydrogen-bond donors (Lipinski definition) is 1. The van der Waals surface area contributed by atoms with Crippen molar-refractivity contribution in [2.24, 2.45) is 5.92 Å². The Labute approximate surface area is 182 Å². The molecule has 1 saturated carbocycles. The van der Waals surface area contributed by atoms with Crippen LogP contribution >= 0.6 is 12.4 Å². The molecule has 1 aromatic carbocycles. The molecule has 1 aliphatic carbocycles. The van der Waals surface area contributed by atoms with Gasteiger partial charge >= 0.3 is 0 Å². The molecule has 0 atom stereocenters. The Morgan fingerprint density at radius 2 is 1.86 bits per heavy atom. The molecular weight excluding hydrogens is 388 g/mol. The summed E-state index contributed by atoms with van der Waals surface area (Å²) in [7, 11) is 5.83. The average Bonchev–Trinajstić information content (AvgIpc) is 2.68. The first-order chi connectivity index (χ1) is 13.5. The van der Waals surface area contributed by atoms with Crippen LogP contribution in [0, 0.1) is 5.92 Å². The van der Waals surface area contributed by atoms with Gasteiger partial charge in [0, 0.05) is 12.5 Å². The Kier molecular flexibility index (Phi) is 12.1. The Morgan fingerprint density at radius 3 is 2.52 bits per heavy atom. The summed E-state index contributed by atoms with van der Waals surface area (Å²) < 4.78 is 11.4. The third-order valence-corrected chi connectivity index (χ3v) is 5.51. The van der Waals surface area contributed by atoms with Gasteiger partial charge in [-0.25, -0.2) is 0 Å². The Balaban J connectivity index is 0.00000420. The highest BCUT2D eigenvalue weighted by atomic mass is 35.5. The van der Waals surface area contributed by atoms with Crippen molar-refractivity contribution in [2.75, 3.05) is 34.4 Å². The van der Waals surface area contributed by atoms with Gasteiger partial charge in [0.1, 0.15) is 0 Å². The van der Waals surface area contributed by atoms with Crippen LogP contribution in [0.3, 0.4) is 0 Å². The maximum atomic E-state index is 12.3. The van der Waals surface area contributed by atoms with E-state index in [1.807, 2.05) is 18.2 Å². The van der Waals surface area contributed by atoms with Gasteiger partial charge < -0.3 is 19.7 Å². The highest BCUT2D eigenvalue weighted by Gasteiger charge is 2.19. The molecular formula is C23H39ClN2O3. The smallest absolute Gasteiger partial charge is 0.220 e. The normalized spacial score (nSPS) is 18.8. The zero-order chi connectivity index (χ0) is 20.4. The molecule has 0 aliphatic heterocycles. The zero-order valence-electron chi connectivity index (χ0n) is 18.5. The Bertz CT molecular complexity index is 602. The van der Waals surface area contributed by atoms with E-state index in [4.69, 9.17) is 9.47 Å². The number of carbonyl (C=O) groups excluding carboxylic acids is 1. The fourth-order valence-electron chi connectivity index (χ4n) is 3.66. The number of halogens is 1. The maximum Gasteiger partial charge on any atom is 0.220 e. The van der Waals surface area contributed by atoms with Crippen LogP contribution in [0.2, 0.25) is 0 Å². The van der Waals surface area contributed by atoms with Crippen LogP contribution in [-0.2, 0) is 11.2 Å². The number of nitrogens with one attached hydrogen (secondary N) is 1. The lowest BCUT2D eigenvalue weighted by Crippen LogP contribution is -2.37. The van der Waals surface area contributed by atoms with E-state index in [1.54, 1.807) is 7.11 Å². The summed E-state index contributed by atoms with van der Waals surface area (Å²) in [5.41, 5.74) is 1.10. The van der Waals surface area contributed by atoms with E-state index >= 15 is 0 Å². The van der Waals surface area contributed by atoms with Crippen molar-refractivity contribution in [3.63, 3.8) is 0 Å². The minimum Gasteiger partial charge on any atom is -0.493 e. The van der Waals surface area contributed by atoms with Crippen LogP contribution in [0.1, 0.15) is 57.4 Å². The third-order valence-electron chi connectivity index (χ3n) is 5.51. The molecule has 0 heterocycles. The molecule has 0 bridgehead atoms. The molecule has 1 aliphatic rings. The minimum atomic E-state index is 0. The van der Waals surface area contributed by atoms with E-state index in [1.165, 1.54) is 12.8 Å². The average molecular weight is 427 g/mol. The maximum absolute atomic E-state index is 12.3. The van der Waals surface area contributed by atoms with Crippen molar-refractivity contribution >= 4 is 18.3 Å². The summed E-state index contributed by atoms with van der Waals surface area (Å²) in [6.45, 7) is 4.05. The first kappa shape index (κ1) is 25.6. The van der Waals surface area contributed by atoms with Gasteiger partial charge in [0.05, 0.1) is 13.7 Å². The van der Waals surface area contributed by atoms with Crippen LogP contribution in [0.15, 0.2) is 18.2 Å². The molecule has 1 aromatic rings. The molecule has 0 saturated heterocycles. The number of unbranched alkanes of at least 4 members (excludes halogenated alkanes) is 1. The summed E-state index contributed by atoms with van der Waals surface area (Å²) >= 11 is 0. The van der Waals surface area contributed by atoms with Crippen molar-refractivity contribution in [3.05, 3.63) is 23.8 Å². The van der Waals surface area contributed by atoms with Crippen molar-refractivity contribution in [1.82, 2.24) is 10.2 Å². The van der Waals surface area contributed by atoms with E-state index in [0.29, 0.717) is 25.5 Å². The van der Waals surface area contributed by atoms with Gasteiger partial charge in [-0.15, -0.1) is 12.4 Å². The van der Waals surface area contributed by atoms with Gasteiger partial charge in [-0.2, -0.15) is 0 Å². The molecule has 0 unspecified atom stereocenters. The molecule has 0 aromatic heterocycles. The van der Waals surface area contributed by atoms with Crippen molar-refractivity contribution in [2.45, 2.75) is 64.3 Å². The summed E-state index contributed by atoms with van der Waals surface area (Å²) in [5, 5.41) is 3.20. The van der Waals surface area contributed by atoms with Gasteiger partial charge in [0.2, 0.25) is 5.91 Å². The van der Waals surface area contributed by atoms with Crippen LogP contribution < -0.4 is 14.8 Å². The van der Waals surface area contributed by atoms with Crippen LogP contribution in [0.4, 0.5) is 0 Å². The molecule has 0 spiro atoms. The van der Waals surface area contributed by atoms with Crippen molar-refractivity contribution in [3.8, 4) is 11.5 Å². The topological polar surface area (TPSA) is 50.8 Å². The predicted molar refractivity (Wildman–Crippen MR) is 121 cm³/mol. The molecule has 0 radical (unpaired) electrons. The van der Waals surface area contributed by atoms with Crippen molar-refractivity contribution < 1.29 is 14.3 Å². The number of amides is 1. The summed E-state index contributed by atoms with van der Waals surface area (Å²) in [6.07, 6.45) is 8.03. The fraction of sp³-hybridized carbons (Fsp3) is 0.696. The summed E-state index contributed by atoms with van der Waals surface area (Å²) in [4.78, 5) is 14.4. The standard InChI is InChI=1S/C23H38N2O3.ClH/c1-18-7-11-20(12-8-18)24-23(26)14-10-19-9-13-21(22(17-19)27-4)28-16-6-5-15-25(2)3;/h9,13,17-18,20H,5-8,10-12,14-16H2,1-4H3,(H,24,26);1H/t18-,20-;. The Hall–Kier alpha value is -1.46. The van der Waals surface area contributed by atoms with Gasteiger partial charge in [-0.1, -0.05) is 13.0 Å². The number of benzene rings is 1. The number of methoxy groups -OCH3 is 1. The minimum absolute atomic E-state index is 0. The van der Waals surface area contributed by atoms with Gasteiger partial charge in [-0.3, -0.25) is 4.79 Å². The number of aryl methyl sites for hydroxylation is 1. The van der Waals surface area contributed by atoms with Crippen LogP contribution in [0.5, 0.6) is 11.5 Å². The molecule has 166 valence electrons. The van der Waals surface area contributed by atoms with E-state index < -0.39 is 0 Å². The molecule has 2 rings (SSSR count). The number of carbonyl (C=O) groups is 1. The van der Waals surface area contributed by atoms with E-state index in [0.717, 1.165) is 55.2 Å². The fourth-order valence-corrected chi connectivity index (χ4v) is 3.66. The zero-order valence-corrected chi connectivity index (χ0v) is 19.4. The largest absolute Gasteiger partial charge is 0.493 e. The first-order valence-corrected chi connectivity index (χ1v) is 10.7. The molecule has 1 N–H and O–H groups in total.